The standard InChI is InChI=1S/C16H21ClN6O/c1-12-19-20-21-23(12)8-6-16(24)18-10-13-5-7-22(11-13)15-4-2-3-14(17)9-15/h2-4,9,13H,5-8,10-11H2,1H3,(H,18,24)/t13-/m1/s1. The maximum absolute atomic E-state index is 12.0. The van der Waals surface area contributed by atoms with Crippen LogP contribution in [0.3, 0.4) is 0 Å². The van der Waals surface area contributed by atoms with E-state index in [1.165, 1.54) is 0 Å². The minimum atomic E-state index is 0.0334. The molecule has 0 bridgehead atoms. The van der Waals surface area contributed by atoms with Gasteiger partial charge in [0.1, 0.15) is 5.82 Å². The molecule has 1 fully saturated rings. The smallest absolute Gasteiger partial charge is 0.221 e. The number of halogens is 1. The summed E-state index contributed by atoms with van der Waals surface area (Å²) in [6.07, 6.45) is 1.45. The summed E-state index contributed by atoms with van der Waals surface area (Å²) in [5.41, 5.74) is 1.14. The molecule has 1 aromatic heterocycles. The Hall–Kier alpha value is -2.15. The molecule has 0 radical (unpaired) electrons. The van der Waals surface area contributed by atoms with E-state index in [0.717, 1.165) is 36.0 Å². The Bertz CT molecular complexity index is 703. The second-order valence-corrected chi connectivity index (χ2v) is 6.52. The maximum atomic E-state index is 12.0. The zero-order valence-corrected chi connectivity index (χ0v) is 14.4. The van der Waals surface area contributed by atoms with Crippen molar-refractivity contribution in [3.63, 3.8) is 0 Å². The van der Waals surface area contributed by atoms with Gasteiger partial charge < -0.3 is 10.2 Å². The molecule has 1 aliphatic rings. The third-order valence-corrected chi connectivity index (χ3v) is 4.54. The summed E-state index contributed by atoms with van der Waals surface area (Å²) < 4.78 is 1.63. The first-order valence-electron chi connectivity index (χ1n) is 8.12. The van der Waals surface area contributed by atoms with Crippen LogP contribution in [0, 0.1) is 12.8 Å². The number of tetrazole rings is 1. The molecule has 1 saturated heterocycles. The van der Waals surface area contributed by atoms with Crippen LogP contribution in [0.25, 0.3) is 0 Å². The second-order valence-electron chi connectivity index (χ2n) is 6.08. The molecule has 1 atom stereocenters. The number of hydrogen-bond acceptors (Lipinski definition) is 5. The Kier molecular flexibility index (Phi) is 5.30. The highest BCUT2D eigenvalue weighted by atomic mass is 35.5. The summed E-state index contributed by atoms with van der Waals surface area (Å²) >= 11 is 6.05. The summed E-state index contributed by atoms with van der Waals surface area (Å²) in [4.78, 5) is 14.3. The molecular formula is C16H21ClN6O. The van der Waals surface area contributed by atoms with Crippen molar-refractivity contribution >= 4 is 23.2 Å². The number of aromatic nitrogens is 4. The fourth-order valence-corrected chi connectivity index (χ4v) is 3.10. The first kappa shape index (κ1) is 16.7. The van der Waals surface area contributed by atoms with Gasteiger partial charge in [-0.1, -0.05) is 17.7 Å². The van der Waals surface area contributed by atoms with Crippen LogP contribution in [0.2, 0.25) is 5.02 Å². The van der Waals surface area contributed by atoms with Crippen molar-refractivity contribution in [2.45, 2.75) is 26.3 Å². The van der Waals surface area contributed by atoms with Crippen molar-refractivity contribution in [1.29, 1.82) is 0 Å². The molecule has 1 aliphatic heterocycles. The molecule has 7 nitrogen and oxygen atoms in total. The quantitative estimate of drug-likeness (QED) is 0.859. The number of carbonyl (C=O) groups excluding carboxylic acids is 1. The molecule has 0 aliphatic carbocycles. The largest absolute Gasteiger partial charge is 0.371 e. The van der Waals surface area contributed by atoms with E-state index >= 15 is 0 Å². The predicted molar refractivity (Wildman–Crippen MR) is 92.0 cm³/mol. The fraction of sp³-hybridized carbons (Fsp3) is 0.500. The molecular weight excluding hydrogens is 328 g/mol. The van der Waals surface area contributed by atoms with Crippen LogP contribution >= 0.6 is 11.6 Å². The van der Waals surface area contributed by atoms with Crippen molar-refractivity contribution < 1.29 is 4.79 Å². The number of nitrogens with zero attached hydrogens (tertiary/aromatic N) is 5. The van der Waals surface area contributed by atoms with Crippen LogP contribution in [0.15, 0.2) is 24.3 Å². The van der Waals surface area contributed by atoms with Crippen molar-refractivity contribution in [2.75, 3.05) is 24.5 Å². The third-order valence-electron chi connectivity index (χ3n) is 4.31. The Morgan fingerprint density at radius 1 is 1.46 bits per heavy atom. The number of anilines is 1. The highest BCUT2D eigenvalue weighted by Crippen LogP contribution is 2.25. The van der Waals surface area contributed by atoms with Gasteiger partial charge in [-0.3, -0.25) is 4.79 Å². The maximum Gasteiger partial charge on any atom is 0.221 e. The van der Waals surface area contributed by atoms with Gasteiger partial charge in [-0.2, -0.15) is 0 Å². The van der Waals surface area contributed by atoms with Gasteiger partial charge >= 0.3 is 0 Å². The van der Waals surface area contributed by atoms with Crippen LogP contribution in [-0.4, -0.2) is 45.7 Å². The molecule has 8 heteroatoms. The lowest BCUT2D eigenvalue weighted by molar-refractivity contribution is -0.121. The lowest BCUT2D eigenvalue weighted by Crippen LogP contribution is -2.31. The molecule has 0 unspecified atom stereocenters. The number of amides is 1. The number of aryl methyl sites for hydroxylation is 2. The van der Waals surface area contributed by atoms with E-state index in [4.69, 9.17) is 11.6 Å². The summed E-state index contributed by atoms with van der Waals surface area (Å²) in [7, 11) is 0. The molecule has 0 spiro atoms. The molecule has 3 rings (SSSR count). The fourth-order valence-electron chi connectivity index (χ4n) is 2.92. The Labute approximate surface area is 146 Å². The number of carbonyl (C=O) groups is 1. The predicted octanol–water partition coefficient (Wildman–Crippen LogP) is 1.67. The van der Waals surface area contributed by atoms with Crippen molar-refractivity contribution in [2.24, 2.45) is 5.92 Å². The van der Waals surface area contributed by atoms with Gasteiger partial charge in [0.15, 0.2) is 0 Å². The highest BCUT2D eigenvalue weighted by molar-refractivity contribution is 6.30. The molecule has 2 aromatic rings. The highest BCUT2D eigenvalue weighted by Gasteiger charge is 2.23. The third kappa shape index (κ3) is 4.23. The molecule has 1 N–H and O–H groups in total. The van der Waals surface area contributed by atoms with Gasteiger partial charge in [-0.05, 0) is 47.9 Å². The first-order chi connectivity index (χ1) is 11.6. The minimum Gasteiger partial charge on any atom is -0.371 e. The van der Waals surface area contributed by atoms with Gasteiger partial charge in [-0.25, -0.2) is 4.68 Å². The molecule has 1 aromatic carbocycles. The Balaban J connectivity index is 1.41. The topological polar surface area (TPSA) is 75.9 Å². The summed E-state index contributed by atoms with van der Waals surface area (Å²) in [5, 5.41) is 15.0. The summed E-state index contributed by atoms with van der Waals surface area (Å²) in [6.45, 7) is 4.95. The van der Waals surface area contributed by atoms with Crippen LogP contribution < -0.4 is 10.2 Å². The Morgan fingerprint density at radius 2 is 2.33 bits per heavy atom. The van der Waals surface area contributed by atoms with E-state index in [1.54, 1.807) is 4.68 Å². The van der Waals surface area contributed by atoms with Crippen molar-refractivity contribution in [1.82, 2.24) is 25.5 Å². The Morgan fingerprint density at radius 3 is 3.08 bits per heavy atom. The molecule has 0 saturated carbocycles. The first-order valence-corrected chi connectivity index (χ1v) is 8.49. The lowest BCUT2D eigenvalue weighted by atomic mass is 10.1. The second kappa shape index (κ2) is 7.61. The number of hydrogen-bond donors (Lipinski definition) is 1. The molecule has 1 amide bonds. The molecule has 2 heterocycles. The van der Waals surface area contributed by atoms with Crippen LogP contribution in [0.4, 0.5) is 5.69 Å². The zero-order valence-electron chi connectivity index (χ0n) is 13.7. The van der Waals surface area contributed by atoms with Gasteiger partial charge in [0.25, 0.3) is 0 Å². The van der Waals surface area contributed by atoms with E-state index in [0.29, 0.717) is 25.4 Å². The number of benzene rings is 1. The summed E-state index contributed by atoms with van der Waals surface area (Å²) in [6, 6.07) is 7.90. The van der Waals surface area contributed by atoms with E-state index in [1.807, 2.05) is 25.1 Å². The molecule has 128 valence electrons. The van der Waals surface area contributed by atoms with Crippen molar-refractivity contribution in [3.05, 3.63) is 35.1 Å². The van der Waals surface area contributed by atoms with Gasteiger partial charge in [0.05, 0.1) is 6.54 Å². The van der Waals surface area contributed by atoms with Gasteiger partial charge in [0.2, 0.25) is 5.91 Å². The average molecular weight is 349 g/mol. The summed E-state index contributed by atoms with van der Waals surface area (Å²) in [5.74, 6) is 1.21. The van der Waals surface area contributed by atoms with Gasteiger partial charge in [-0.15, -0.1) is 5.10 Å². The minimum absolute atomic E-state index is 0.0334. The average Bonchev–Trinajstić information content (AvgIpc) is 3.20. The van der Waals surface area contributed by atoms with E-state index in [-0.39, 0.29) is 5.91 Å². The zero-order chi connectivity index (χ0) is 16.9. The molecule has 24 heavy (non-hydrogen) atoms. The van der Waals surface area contributed by atoms with Crippen LogP contribution in [0.5, 0.6) is 0 Å². The van der Waals surface area contributed by atoms with Gasteiger partial charge in [0, 0.05) is 36.8 Å². The lowest BCUT2D eigenvalue weighted by Gasteiger charge is -2.19. The van der Waals surface area contributed by atoms with Crippen LogP contribution in [0.1, 0.15) is 18.7 Å². The normalized spacial score (nSPS) is 17.2. The number of nitrogens with one attached hydrogen (secondary N) is 1. The van der Waals surface area contributed by atoms with Crippen molar-refractivity contribution in [3.8, 4) is 0 Å². The SMILES string of the molecule is Cc1nnnn1CCC(=O)NC[C@H]1CCN(c2cccc(Cl)c2)C1. The van der Waals surface area contributed by atoms with E-state index in [2.05, 4.69) is 31.8 Å². The van der Waals surface area contributed by atoms with E-state index in [9.17, 15) is 4.79 Å². The monoisotopic (exact) mass is 348 g/mol. The van der Waals surface area contributed by atoms with E-state index < -0.39 is 0 Å². The van der Waals surface area contributed by atoms with Crippen LogP contribution in [-0.2, 0) is 11.3 Å². The number of rotatable bonds is 6.